The van der Waals surface area contributed by atoms with Crippen molar-refractivity contribution in [3.63, 3.8) is 0 Å². The Hall–Kier alpha value is -2.22. The highest BCUT2D eigenvalue weighted by Crippen LogP contribution is 2.17. The van der Waals surface area contributed by atoms with Gasteiger partial charge in [0.25, 0.3) is 10.1 Å². The molecule has 0 unspecified atom stereocenters. The zero-order chi connectivity index (χ0) is 19.9. The molecule has 1 atom stereocenters. The van der Waals surface area contributed by atoms with Gasteiger partial charge < -0.3 is 9.47 Å². The highest BCUT2D eigenvalue weighted by atomic mass is 32.2. The Morgan fingerprint density at radius 3 is 2.22 bits per heavy atom. The van der Waals surface area contributed by atoms with Gasteiger partial charge in [0.1, 0.15) is 12.7 Å². The Kier molecular flexibility index (Phi) is 7.53. The van der Waals surface area contributed by atoms with Crippen molar-refractivity contribution in [1.29, 1.82) is 0 Å². The zero-order valence-corrected chi connectivity index (χ0v) is 16.5. The molecular weight excluding hydrogens is 368 g/mol. The molecule has 2 aromatic rings. The fourth-order valence-electron chi connectivity index (χ4n) is 2.54. The summed E-state index contributed by atoms with van der Waals surface area (Å²) in [5, 5.41) is 0. The molecule has 0 spiro atoms. The third kappa shape index (κ3) is 7.13. The average Bonchev–Trinajstić information content (AvgIpc) is 2.59. The largest absolute Gasteiger partial charge is 0.458 e. The standard InChI is InChI=1S/C20H24O6S/c1-15-9-16(2)11-20(10-15)27(22,23)25-14-19(26-17(3)21)13-24-12-18-7-5-4-6-8-18/h4-11,19H,12-14H2,1-3H3/t19-/m0/s1. The maximum atomic E-state index is 12.4. The Morgan fingerprint density at radius 2 is 1.63 bits per heavy atom. The molecule has 0 saturated carbocycles. The van der Waals surface area contributed by atoms with Crippen molar-refractivity contribution in [2.75, 3.05) is 13.2 Å². The Morgan fingerprint density at radius 1 is 1.00 bits per heavy atom. The van der Waals surface area contributed by atoms with Crippen molar-refractivity contribution < 1.29 is 26.9 Å². The van der Waals surface area contributed by atoms with Gasteiger partial charge in [0.05, 0.1) is 18.1 Å². The van der Waals surface area contributed by atoms with Crippen LogP contribution in [0.1, 0.15) is 23.6 Å². The molecule has 2 aromatic carbocycles. The zero-order valence-electron chi connectivity index (χ0n) is 15.7. The fraction of sp³-hybridized carbons (Fsp3) is 0.350. The average molecular weight is 392 g/mol. The number of rotatable bonds is 9. The van der Waals surface area contributed by atoms with Crippen LogP contribution in [-0.4, -0.2) is 33.7 Å². The first-order chi connectivity index (χ1) is 12.8. The predicted octanol–water partition coefficient (Wildman–Crippen LogP) is 3.16. The van der Waals surface area contributed by atoms with E-state index in [-0.39, 0.29) is 18.1 Å². The Balaban J connectivity index is 1.97. The number of ether oxygens (including phenoxy) is 2. The van der Waals surface area contributed by atoms with Crippen LogP contribution in [0.4, 0.5) is 0 Å². The molecule has 0 aromatic heterocycles. The summed E-state index contributed by atoms with van der Waals surface area (Å²) < 4.78 is 40.6. The van der Waals surface area contributed by atoms with Gasteiger partial charge in [-0.15, -0.1) is 0 Å². The molecule has 0 aliphatic heterocycles. The van der Waals surface area contributed by atoms with Crippen molar-refractivity contribution in [1.82, 2.24) is 0 Å². The molecule has 0 aliphatic rings. The smallest absolute Gasteiger partial charge is 0.303 e. The number of hydrogen-bond acceptors (Lipinski definition) is 6. The van der Waals surface area contributed by atoms with E-state index in [1.165, 1.54) is 19.1 Å². The van der Waals surface area contributed by atoms with Gasteiger partial charge in [-0.1, -0.05) is 36.4 Å². The molecule has 0 bridgehead atoms. The predicted molar refractivity (Wildman–Crippen MR) is 101 cm³/mol. The molecule has 146 valence electrons. The van der Waals surface area contributed by atoms with Gasteiger partial charge in [-0.3, -0.25) is 8.98 Å². The first kappa shape index (κ1) is 21.1. The van der Waals surface area contributed by atoms with Crippen molar-refractivity contribution in [3.05, 3.63) is 65.2 Å². The monoisotopic (exact) mass is 392 g/mol. The highest BCUT2D eigenvalue weighted by Gasteiger charge is 2.21. The normalized spacial score (nSPS) is 12.6. The van der Waals surface area contributed by atoms with E-state index in [0.717, 1.165) is 16.7 Å². The van der Waals surface area contributed by atoms with Gasteiger partial charge in [-0.05, 0) is 42.7 Å². The molecule has 0 amide bonds. The second-order valence-corrected chi connectivity index (χ2v) is 7.91. The summed E-state index contributed by atoms with van der Waals surface area (Å²) in [6.45, 7) is 4.90. The van der Waals surface area contributed by atoms with Crippen LogP contribution < -0.4 is 0 Å². The summed E-state index contributed by atoms with van der Waals surface area (Å²) in [5.74, 6) is -0.532. The van der Waals surface area contributed by atoms with E-state index in [4.69, 9.17) is 13.7 Å². The van der Waals surface area contributed by atoms with E-state index in [2.05, 4.69) is 0 Å². The van der Waals surface area contributed by atoms with Crippen molar-refractivity contribution in [2.45, 2.75) is 38.4 Å². The van der Waals surface area contributed by atoms with Crippen LogP contribution >= 0.6 is 0 Å². The maximum absolute atomic E-state index is 12.4. The fourth-order valence-corrected chi connectivity index (χ4v) is 3.67. The summed E-state index contributed by atoms with van der Waals surface area (Å²) in [7, 11) is -3.96. The van der Waals surface area contributed by atoms with Gasteiger partial charge in [0.15, 0.2) is 0 Å². The van der Waals surface area contributed by atoms with Gasteiger partial charge in [-0.25, -0.2) is 0 Å². The van der Waals surface area contributed by atoms with Crippen LogP contribution in [0.25, 0.3) is 0 Å². The number of esters is 1. The molecule has 0 saturated heterocycles. The van der Waals surface area contributed by atoms with Crippen LogP contribution in [-0.2, 0) is 35.2 Å². The van der Waals surface area contributed by atoms with E-state index in [1.807, 2.05) is 50.2 Å². The topological polar surface area (TPSA) is 78.9 Å². The number of aryl methyl sites for hydroxylation is 2. The van der Waals surface area contributed by atoms with E-state index >= 15 is 0 Å². The molecule has 2 rings (SSSR count). The van der Waals surface area contributed by atoms with Gasteiger partial charge >= 0.3 is 5.97 Å². The quantitative estimate of drug-likeness (QED) is 0.482. The Bertz CT molecular complexity index is 841. The Labute approximate surface area is 160 Å². The summed E-state index contributed by atoms with van der Waals surface area (Å²) in [4.78, 5) is 11.4. The molecule has 0 aliphatic carbocycles. The lowest BCUT2D eigenvalue weighted by atomic mass is 10.2. The minimum Gasteiger partial charge on any atom is -0.458 e. The van der Waals surface area contributed by atoms with Crippen molar-refractivity contribution in [2.24, 2.45) is 0 Å². The SMILES string of the molecule is CC(=O)O[C@@H](COCc1ccccc1)COS(=O)(=O)c1cc(C)cc(C)c1. The lowest BCUT2D eigenvalue weighted by molar-refractivity contribution is -0.151. The third-order valence-electron chi connectivity index (χ3n) is 3.64. The van der Waals surface area contributed by atoms with E-state index in [1.54, 1.807) is 0 Å². The molecule has 27 heavy (non-hydrogen) atoms. The molecule has 0 heterocycles. The van der Waals surface area contributed by atoms with Crippen LogP contribution in [0.3, 0.4) is 0 Å². The van der Waals surface area contributed by atoms with E-state index in [9.17, 15) is 13.2 Å². The lowest BCUT2D eigenvalue weighted by Crippen LogP contribution is -2.29. The number of carbonyl (C=O) groups is 1. The van der Waals surface area contributed by atoms with Crippen LogP contribution in [0.2, 0.25) is 0 Å². The van der Waals surface area contributed by atoms with Gasteiger partial charge in [0, 0.05) is 6.92 Å². The first-order valence-electron chi connectivity index (χ1n) is 8.53. The maximum Gasteiger partial charge on any atom is 0.303 e. The second kappa shape index (κ2) is 9.64. The number of benzene rings is 2. The molecule has 0 N–H and O–H groups in total. The minimum absolute atomic E-state index is 0.0246. The van der Waals surface area contributed by atoms with E-state index in [0.29, 0.717) is 6.61 Å². The van der Waals surface area contributed by atoms with Crippen molar-refractivity contribution in [3.8, 4) is 0 Å². The number of hydrogen-bond donors (Lipinski definition) is 0. The minimum atomic E-state index is -3.96. The van der Waals surface area contributed by atoms with Crippen molar-refractivity contribution >= 4 is 16.1 Å². The molecule has 0 radical (unpaired) electrons. The summed E-state index contributed by atoms with van der Waals surface area (Å²) in [5.41, 5.74) is 2.60. The summed E-state index contributed by atoms with van der Waals surface area (Å²) in [6, 6.07) is 14.4. The summed E-state index contributed by atoms with van der Waals surface area (Å²) >= 11 is 0. The lowest BCUT2D eigenvalue weighted by Gasteiger charge is -2.17. The molecule has 6 nitrogen and oxygen atoms in total. The molecular formula is C20H24O6S. The summed E-state index contributed by atoms with van der Waals surface area (Å²) in [6.07, 6.45) is -0.827. The van der Waals surface area contributed by atoms with Crippen LogP contribution in [0, 0.1) is 13.8 Å². The van der Waals surface area contributed by atoms with E-state index < -0.39 is 22.2 Å². The van der Waals surface area contributed by atoms with Gasteiger partial charge in [-0.2, -0.15) is 8.42 Å². The van der Waals surface area contributed by atoms with Gasteiger partial charge in [0.2, 0.25) is 0 Å². The van der Waals surface area contributed by atoms with Crippen LogP contribution in [0.5, 0.6) is 0 Å². The third-order valence-corrected chi connectivity index (χ3v) is 4.90. The van der Waals surface area contributed by atoms with Crippen LogP contribution in [0.15, 0.2) is 53.4 Å². The molecule has 7 heteroatoms. The number of carbonyl (C=O) groups excluding carboxylic acids is 1. The highest BCUT2D eigenvalue weighted by molar-refractivity contribution is 7.86. The molecule has 0 fully saturated rings. The second-order valence-electron chi connectivity index (χ2n) is 6.29. The first-order valence-corrected chi connectivity index (χ1v) is 9.94.